The summed E-state index contributed by atoms with van der Waals surface area (Å²) in [6, 6.07) is 3.61. The number of nitrogens with zero attached hydrogens (tertiary/aromatic N) is 2. The van der Waals surface area contributed by atoms with Crippen LogP contribution in [-0.4, -0.2) is 28.5 Å². The summed E-state index contributed by atoms with van der Waals surface area (Å²) in [4.78, 5) is 17.3. The van der Waals surface area contributed by atoms with Crippen molar-refractivity contribution >= 4 is 6.03 Å². The molecule has 0 radical (unpaired) electrons. The van der Waals surface area contributed by atoms with Crippen LogP contribution in [0.3, 0.4) is 0 Å². The molecule has 0 aliphatic carbocycles. The van der Waals surface area contributed by atoms with E-state index in [9.17, 15) is 4.79 Å². The standard InChI is InChI=1S/C12H15N3O2/c1-2-10-12(7-15(10)11(13)16)8-4-3-5-14-9(8)6-17-12/h3-5,10H,2,6-7H2,1H3,(H2,13,16). The predicted octanol–water partition coefficient (Wildman–Crippen LogP) is 0.980. The van der Waals surface area contributed by atoms with Crippen molar-refractivity contribution in [3.63, 3.8) is 0 Å². The van der Waals surface area contributed by atoms with Crippen LogP contribution in [-0.2, 0) is 16.9 Å². The summed E-state index contributed by atoms with van der Waals surface area (Å²) in [7, 11) is 0. The average molecular weight is 233 g/mol. The minimum Gasteiger partial charge on any atom is -0.360 e. The molecule has 5 nitrogen and oxygen atoms in total. The van der Waals surface area contributed by atoms with Crippen molar-refractivity contribution in [3.8, 4) is 0 Å². The molecular weight excluding hydrogens is 218 g/mol. The van der Waals surface area contributed by atoms with Crippen LogP contribution in [0.1, 0.15) is 24.6 Å². The van der Waals surface area contributed by atoms with Gasteiger partial charge in [-0.3, -0.25) is 4.98 Å². The van der Waals surface area contributed by atoms with E-state index in [-0.39, 0.29) is 17.7 Å². The zero-order valence-corrected chi connectivity index (χ0v) is 9.72. The quantitative estimate of drug-likeness (QED) is 0.786. The zero-order chi connectivity index (χ0) is 12.0. The van der Waals surface area contributed by atoms with Gasteiger partial charge in [0.25, 0.3) is 0 Å². The molecule has 2 atom stereocenters. The summed E-state index contributed by atoms with van der Waals surface area (Å²) in [6.45, 7) is 3.11. The first-order chi connectivity index (χ1) is 8.19. The lowest BCUT2D eigenvalue weighted by Crippen LogP contribution is -2.69. The molecule has 1 fully saturated rings. The number of primary amides is 1. The molecule has 2 aliphatic rings. The molecule has 2 N–H and O–H groups in total. The van der Waals surface area contributed by atoms with Crippen LogP contribution in [0.4, 0.5) is 4.79 Å². The molecule has 3 heterocycles. The summed E-state index contributed by atoms with van der Waals surface area (Å²) in [5, 5.41) is 0. The number of hydrogen-bond acceptors (Lipinski definition) is 3. The van der Waals surface area contributed by atoms with Gasteiger partial charge in [-0.25, -0.2) is 4.79 Å². The number of carbonyl (C=O) groups excluding carboxylic acids is 1. The van der Waals surface area contributed by atoms with Gasteiger partial charge in [0.05, 0.1) is 24.9 Å². The third-order valence-corrected chi connectivity index (χ3v) is 3.80. The van der Waals surface area contributed by atoms with E-state index in [0.717, 1.165) is 17.7 Å². The minimum atomic E-state index is -0.372. The fourth-order valence-corrected chi connectivity index (χ4v) is 3.01. The van der Waals surface area contributed by atoms with Gasteiger partial charge in [0, 0.05) is 11.8 Å². The number of ether oxygens (including phenoxy) is 1. The van der Waals surface area contributed by atoms with Gasteiger partial charge in [-0.15, -0.1) is 0 Å². The normalized spacial score (nSPS) is 30.2. The van der Waals surface area contributed by atoms with E-state index in [1.54, 1.807) is 11.1 Å². The maximum Gasteiger partial charge on any atom is 0.315 e. The molecule has 0 bridgehead atoms. The second-order valence-corrected chi connectivity index (χ2v) is 4.57. The fraction of sp³-hybridized carbons (Fsp3) is 0.500. The molecule has 1 spiro atoms. The Labute approximate surface area is 99.6 Å². The number of rotatable bonds is 1. The van der Waals surface area contributed by atoms with Crippen molar-refractivity contribution in [3.05, 3.63) is 29.6 Å². The lowest BCUT2D eigenvalue weighted by molar-refractivity contribution is -0.168. The molecule has 2 unspecified atom stereocenters. The van der Waals surface area contributed by atoms with Gasteiger partial charge in [0.1, 0.15) is 5.60 Å². The Kier molecular flexibility index (Phi) is 2.13. The number of nitrogens with two attached hydrogens (primary N) is 1. The van der Waals surface area contributed by atoms with Crippen molar-refractivity contribution in [1.82, 2.24) is 9.88 Å². The van der Waals surface area contributed by atoms with Gasteiger partial charge in [0.2, 0.25) is 0 Å². The Morgan fingerprint density at radius 3 is 3.29 bits per heavy atom. The Balaban J connectivity index is 1.98. The van der Waals surface area contributed by atoms with E-state index in [2.05, 4.69) is 4.98 Å². The molecule has 3 rings (SSSR count). The highest BCUT2D eigenvalue weighted by atomic mass is 16.5. The monoisotopic (exact) mass is 233 g/mol. The first kappa shape index (κ1) is 10.5. The summed E-state index contributed by atoms with van der Waals surface area (Å²) < 4.78 is 5.92. The number of urea groups is 1. The smallest absolute Gasteiger partial charge is 0.315 e. The second kappa shape index (κ2) is 3.43. The van der Waals surface area contributed by atoms with Gasteiger partial charge in [-0.2, -0.15) is 0 Å². The first-order valence-electron chi connectivity index (χ1n) is 5.83. The van der Waals surface area contributed by atoms with E-state index in [1.807, 2.05) is 19.1 Å². The van der Waals surface area contributed by atoms with Gasteiger partial charge in [0.15, 0.2) is 0 Å². The van der Waals surface area contributed by atoms with Crippen molar-refractivity contribution in [1.29, 1.82) is 0 Å². The molecule has 0 aromatic carbocycles. The molecule has 1 saturated heterocycles. The van der Waals surface area contributed by atoms with Gasteiger partial charge in [-0.05, 0) is 12.5 Å². The van der Waals surface area contributed by atoms with Crippen molar-refractivity contribution in [2.45, 2.75) is 31.6 Å². The highest BCUT2D eigenvalue weighted by Crippen LogP contribution is 2.48. The van der Waals surface area contributed by atoms with Crippen LogP contribution in [0.15, 0.2) is 18.3 Å². The van der Waals surface area contributed by atoms with Crippen LogP contribution in [0.25, 0.3) is 0 Å². The first-order valence-corrected chi connectivity index (χ1v) is 5.83. The Bertz CT molecular complexity index is 477. The lowest BCUT2D eigenvalue weighted by Gasteiger charge is -2.54. The van der Waals surface area contributed by atoms with Gasteiger partial charge < -0.3 is 15.4 Å². The number of fused-ring (bicyclic) bond motifs is 2. The Hall–Kier alpha value is -1.62. The molecule has 2 aliphatic heterocycles. The van der Waals surface area contributed by atoms with Gasteiger partial charge in [-0.1, -0.05) is 13.0 Å². The number of aromatic nitrogens is 1. The van der Waals surface area contributed by atoms with Crippen LogP contribution in [0.5, 0.6) is 0 Å². The molecule has 2 amide bonds. The molecule has 90 valence electrons. The Morgan fingerprint density at radius 2 is 2.59 bits per heavy atom. The number of amides is 2. The molecular formula is C12H15N3O2. The third kappa shape index (κ3) is 1.23. The van der Waals surface area contributed by atoms with E-state index in [0.29, 0.717) is 13.2 Å². The summed E-state index contributed by atoms with van der Waals surface area (Å²) >= 11 is 0. The minimum absolute atomic E-state index is 0.0328. The van der Waals surface area contributed by atoms with Crippen LogP contribution < -0.4 is 5.73 Å². The highest BCUT2D eigenvalue weighted by molar-refractivity contribution is 5.74. The largest absolute Gasteiger partial charge is 0.360 e. The second-order valence-electron chi connectivity index (χ2n) is 4.57. The van der Waals surface area contributed by atoms with E-state index in [1.165, 1.54) is 0 Å². The number of pyridine rings is 1. The van der Waals surface area contributed by atoms with Gasteiger partial charge >= 0.3 is 6.03 Å². The summed E-state index contributed by atoms with van der Waals surface area (Å²) in [5.41, 5.74) is 7.08. The predicted molar refractivity (Wildman–Crippen MR) is 61.1 cm³/mol. The number of likely N-dealkylation sites (tertiary alicyclic amines) is 1. The van der Waals surface area contributed by atoms with Crippen molar-refractivity contribution in [2.24, 2.45) is 5.73 Å². The molecule has 5 heteroatoms. The van der Waals surface area contributed by atoms with Crippen LogP contribution in [0.2, 0.25) is 0 Å². The molecule has 1 aromatic rings. The maximum absolute atomic E-state index is 11.3. The Morgan fingerprint density at radius 1 is 1.76 bits per heavy atom. The van der Waals surface area contributed by atoms with Crippen molar-refractivity contribution < 1.29 is 9.53 Å². The SMILES string of the molecule is CCC1N(C(N)=O)CC12OCc1ncccc12. The summed E-state index contributed by atoms with van der Waals surface area (Å²) in [6.07, 6.45) is 2.60. The van der Waals surface area contributed by atoms with E-state index >= 15 is 0 Å². The number of hydrogen-bond donors (Lipinski definition) is 1. The van der Waals surface area contributed by atoms with E-state index in [4.69, 9.17) is 10.5 Å². The summed E-state index contributed by atoms with van der Waals surface area (Å²) in [5.74, 6) is 0. The topological polar surface area (TPSA) is 68.5 Å². The third-order valence-electron chi connectivity index (χ3n) is 3.80. The van der Waals surface area contributed by atoms with E-state index < -0.39 is 0 Å². The molecule has 17 heavy (non-hydrogen) atoms. The average Bonchev–Trinajstić information content (AvgIpc) is 2.68. The highest BCUT2D eigenvalue weighted by Gasteiger charge is 2.58. The van der Waals surface area contributed by atoms with Crippen LogP contribution in [0, 0.1) is 0 Å². The van der Waals surface area contributed by atoms with Crippen LogP contribution >= 0.6 is 0 Å². The number of carbonyl (C=O) groups is 1. The van der Waals surface area contributed by atoms with Crippen molar-refractivity contribution in [2.75, 3.05) is 6.54 Å². The molecule has 0 saturated carbocycles. The molecule has 1 aromatic heterocycles. The maximum atomic E-state index is 11.3. The lowest BCUT2D eigenvalue weighted by atomic mass is 9.77. The fourth-order valence-electron chi connectivity index (χ4n) is 3.01. The zero-order valence-electron chi connectivity index (χ0n) is 9.72.